The van der Waals surface area contributed by atoms with Crippen molar-refractivity contribution in [1.82, 2.24) is 9.78 Å². The lowest BCUT2D eigenvalue weighted by molar-refractivity contribution is 0.368. The molecule has 1 aromatic heterocycles. The number of nitrogens with zero attached hydrogens (tertiary/aromatic N) is 2. The first-order chi connectivity index (χ1) is 6.32. The fourth-order valence-electron chi connectivity index (χ4n) is 1.27. The summed E-state index contributed by atoms with van der Waals surface area (Å²) in [6.07, 6.45) is 2.09. The first-order valence-corrected chi connectivity index (χ1v) is 5.38. The average Bonchev–Trinajstić information content (AvgIpc) is 2.49. The molecule has 0 aliphatic carbocycles. The van der Waals surface area contributed by atoms with Gasteiger partial charge < -0.3 is 0 Å². The SMILES string of the molecule is CC(C)C(C)n1ccc(C(C)(C)C)n1. The van der Waals surface area contributed by atoms with E-state index in [1.165, 1.54) is 5.69 Å². The van der Waals surface area contributed by atoms with E-state index in [0.29, 0.717) is 12.0 Å². The molecule has 1 atom stereocenters. The van der Waals surface area contributed by atoms with Gasteiger partial charge in [-0.05, 0) is 18.9 Å². The third kappa shape index (κ3) is 2.37. The number of aromatic nitrogens is 2. The topological polar surface area (TPSA) is 17.8 Å². The predicted molar refractivity (Wildman–Crippen MR) is 60.5 cm³/mol. The minimum absolute atomic E-state index is 0.155. The van der Waals surface area contributed by atoms with Crippen LogP contribution < -0.4 is 0 Å². The van der Waals surface area contributed by atoms with E-state index >= 15 is 0 Å². The largest absolute Gasteiger partial charge is 0.269 e. The molecule has 0 aliphatic heterocycles. The van der Waals surface area contributed by atoms with Gasteiger partial charge in [0, 0.05) is 11.6 Å². The maximum absolute atomic E-state index is 4.62. The molecule has 14 heavy (non-hydrogen) atoms. The van der Waals surface area contributed by atoms with Crippen molar-refractivity contribution in [2.45, 2.75) is 53.0 Å². The molecule has 0 saturated carbocycles. The Morgan fingerprint density at radius 2 is 1.79 bits per heavy atom. The lowest BCUT2D eigenvalue weighted by atomic mass is 9.93. The molecule has 0 bridgehead atoms. The molecule has 0 N–H and O–H groups in total. The highest BCUT2D eigenvalue weighted by Gasteiger charge is 2.18. The zero-order chi connectivity index (χ0) is 10.9. The summed E-state index contributed by atoms with van der Waals surface area (Å²) in [5.41, 5.74) is 1.33. The Hall–Kier alpha value is -0.790. The van der Waals surface area contributed by atoms with Gasteiger partial charge in [0.05, 0.1) is 11.7 Å². The van der Waals surface area contributed by atoms with Crippen LogP contribution in [0.15, 0.2) is 12.3 Å². The molecule has 0 spiro atoms. The van der Waals surface area contributed by atoms with Crippen molar-refractivity contribution in [2.75, 3.05) is 0 Å². The van der Waals surface area contributed by atoms with Crippen LogP contribution in [-0.2, 0) is 5.41 Å². The van der Waals surface area contributed by atoms with Gasteiger partial charge >= 0.3 is 0 Å². The van der Waals surface area contributed by atoms with Gasteiger partial charge in [0.15, 0.2) is 0 Å². The Bertz CT molecular complexity index is 292. The second-order valence-corrected chi connectivity index (χ2v) is 5.42. The average molecular weight is 194 g/mol. The Morgan fingerprint density at radius 3 is 2.14 bits per heavy atom. The first kappa shape index (κ1) is 11.3. The van der Waals surface area contributed by atoms with Gasteiger partial charge in [-0.1, -0.05) is 34.6 Å². The van der Waals surface area contributed by atoms with Crippen LogP contribution in [0.5, 0.6) is 0 Å². The van der Waals surface area contributed by atoms with Gasteiger partial charge in [0.1, 0.15) is 0 Å². The zero-order valence-electron chi connectivity index (χ0n) is 10.2. The van der Waals surface area contributed by atoms with Crippen molar-refractivity contribution in [2.24, 2.45) is 5.92 Å². The number of rotatable bonds is 2. The summed E-state index contributed by atoms with van der Waals surface area (Å²) >= 11 is 0. The van der Waals surface area contributed by atoms with E-state index in [1.54, 1.807) is 0 Å². The quantitative estimate of drug-likeness (QED) is 0.705. The second-order valence-electron chi connectivity index (χ2n) is 5.42. The fourth-order valence-corrected chi connectivity index (χ4v) is 1.27. The molecule has 0 fully saturated rings. The molecular formula is C12H22N2. The molecule has 1 unspecified atom stereocenters. The maximum atomic E-state index is 4.62. The zero-order valence-corrected chi connectivity index (χ0v) is 10.2. The summed E-state index contributed by atoms with van der Waals surface area (Å²) in [5.74, 6) is 0.628. The molecule has 1 rings (SSSR count). The van der Waals surface area contributed by atoms with Gasteiger partial charge in [-0.3, -0.25) is 4.68 Å². The van der Waals surface area contributed by atoms with Crippen LogP contribution in [-0.4, -0.2) is 9.78 Å². The Labute approximate surface area is 87.3 Å². The van der Waals surface area contributed by atoms with Crippen molar-refractivity contribution in [3.8, 4) is 0 Å². The third-order valence-electron chi connectivity index (χ3n) is 2.76. The van der Waals surface area contributed by atoms with Gasteiger partial charge in [0.25, 0.3) is 0 Å². The summed E-state index contributed by atoms with van der Waals surface area (Å²) in [6, 6.07) is 2.60. The molecule has 1 heterocycles. The predicted octanol–water partition coefficient (Wildman–Crippen LogP) is 3.40. The Kier molecular flexibility index (Phi) is 3.03. The Morgan fingerprint density at radius 1 is 1.21 bits per heavy atom. The summed E-state index contributed by atoms with van der Waals surface area (Å²) in [6.45, 7) is 13.2. The standard InChI is InChI=1S/C12H22N2/c1-9(2)10(3)14-8-7-11(13-14)12(4,5)6/h7-10H,1-6H3. The highest BCUT2D eigenvalue weighted by Crippen LogP contribution is 2.22. The molecular weight excluding hydrogens is 172 g/mol. The van der Waals surface area contributed by atoms with Gasteiger partial charge in [-0.2, -0.15) is 5.10 Å². The molecule has 80 valence electrons. The molecule has 0 amide bonds. The minimum atomic E-state index is 0.155. The van der Waals surface area contributed by atoms with Crippen molar-refractivity contribution in [1.29, 1.82) is 0 Å². The van der Waals surface area contributed by atoms with Crippen LogP contribution in [0.3, 0.4) is 0 Å². The van der Waals surface area contributed by atoms with E-state index in [1.807, 2.05) is 0 Å². The van der Waals surface area contributed by atoms with Crippen molar-refractivity contribution in [3.63, 3.8) is 0 Å². The minimum Gasteiger partial charge on any atom is -0.269 e. The lowest BCUT2D eigenvalue weighted by Crippen LogP contribution is -2.16. The molecule has 2 heteroatoms. The molecule has 0 saturated heterocycles. The smallest absolute Gasteiger partial charge is 0.0678 e. The van der Waals surface area contributed by atoms with Crippen LogP contribution >= 0.6 is 0 Å². The molecule has 0 aromatic carbocycles. The molecule has 2 nitrogen and oxygen atoms in total. The van der Waals surface area contributed by atoms with Crippen molar-refractivity contribution < 1.29 is 0 Å². The van der Waals surface area contributed by atoms with E-state index in [2.05, 4.69) is 63.6 Å². The van der Waals surface area contributed by atoms with Gasteiger partial charge in [-0.25, -0.2) is 0 Å². The van der Waals surface area contributed by atoms with E-state index in [0.717, 1.165) is 0 Å². The molecule has 0 aliphatic rings. The van der Waals surface area contributed by atoms with Crippen molar-refractivity contribution >= 4 is 0 Å². The van der Waals surface area contributed by atoms with E-state index < -0.39 is 0 Å². The van der Waals surface area contributed by atoms with E-state index in [-0.39, 0.29) is 5.41 Å². The summed E-state index contributed by atoms with van der Waals surface area (Å²) < 4.78 is 2.07. The van der Waals surface area contributed by atoms with Crippen LogP contribution in [0.25, 0.3) is 0 Å². The van der Waals surface area contributed by atoms with Crippen LogP contribution in [0.1, 0.15) is 53.3 Å². The van der Waals surface area contributed by atoms with E-state index in [4.69, 9.17) is 0 Å². The van der Waals surface area contributed by atoms with Gasteiger partial charge in [0.2, 0.25) is 0 Å². The number of hydrogen-bond donors (Lipinski definition) is 0. The van der Waals surface area contributed by atoms with Crippen LogP contribution in [0, 0.1) is 5.92 Å². The van der Waals surface area contributed by atoms with Crippen LogP contribution in [0.2, 0.25) is 0 Å². The fraction of sp³-hybridized carbons (Fsp3) is 0.750. The highest BCUT2D eigenvalue weighted by molar-refractivity contribution is 5.10. The lowest BCUT2D eigenvalue weighted by Gasteiger charge is -2.18. The Balaban J connectivity index is 2.89. The molecule has 1 aromatic rings. The molecule has 0 radical (unpaired) electrons. The highest BCUT2D eigenvalue weighted by atomic mass is 15.3. The summed E-state index contributed by atoms with van der Waals surface area (Å²) in [5, 5.41) is 4.62. The monoisotopic (exact) mass is 194 g/mol. The summed E-state index contributed by atoms with van der Waals surface area (Å²) in [4.78, 5) is 0. The van der Waals surface area contributed by atoms with E-state index in [9.17, 15) is 0 Å². The third-order valence-corrected chi connectivity index (χ3v) is 2.76. The number of hydrogen-bond acceptors (Lipinski definition) is 1. The maximum Gasteiger partial charge on any atom is 0.0678 e. The summed E-state index contributed by atoms with van der Waals surface area (Å²) in [7, 11) is 0. The second kappa shape index (κ2) is 3.76. The van der Waals surface area contributed by atoms with Crippen LogP contribution in [0.4, 0.5) is 0 Å². The normalized spacial score (nSPS) is 14.8. The van der Waals surface area contributed by atoms with Gasteiger partial charge in [-0.15, -0.1) is 0 Å². The van der Waals surface area contributed by atoms with Crippen molar-refractivity contribution in [3.05, 3.63) is 18.0 Å². The first-order valence-electron chi connectivity index (χ1n) is 5.38.